The van der Waals surface area contributed by atoms with Crippen LogP contribution in [0, 0.1) is 16.7 Å². The van der Waals surface area contributed by atoms with Crippen molar-refractivity contribution in [1.82, 2.24) is 4.90 Å². The van der Waals surface area contributed by atoms with E-state index in [0.717, 1.165) is 31.2 Å². The van der Waals surface area contributed by atoms with E-state index in [1.54, 1.807) is 5.57 Å². The Morgan fingerprint density at radius 1 is 1.13 bits per heavy atom. The fraction of sp³-hybridized carbons (Fsp3) is 0.476. The first-order valence-electron chi connectivity index (χ1n) is 8.66. The number of likely N-dealkylation sites (N-methyl/N-ethyl adjacent to an activating group) is 1. The highest BCUT2D eigenvalue weighted by atomic mass is 15.2. The molecule has 0 bridgehead atoms. The second-order valence-corrected chi connectivity index (χ2v) is 7.77. The fourth-order valence-corrected chi connectivity index (χ4v) is 5.12. The third-order valence-corrected chi connectivity index (χ3v) is 6.60. The van der Waals surface area contributed by atoms with E-state index in [4.69, 9.17) is 5.26 Å². The Bertz CT molecular complexity index is 776. The van der Waals surface area contributed by atoms with E-state index in [1.165, 1.54) is 23.2 Å². The number of nitrogens with zero attached hydrogens (tertiary/aromatic N) is 2. The summed E-state index contributed by atoms with van der Waals surface area (Å²) in [6.45, 7) is 4.85. The van der Waals surface area contributed by atoms with Gasteiger partial charge in [-0.2, -0.15) is 5.26 Å². The normalized spacial score (nSPS) is 27.8. The van der Waals surface area contributed by atoms with Gasteiger partial charge in [0.2, 0.25) is 0 Å². The summed E-state index contributed by atoms with van der Waals surface area (Å²) in [7, 11) is 2.29. The number of hydrogen-bond donors (Lipinski definition) is 0. The molecule has 4 rings (SSSR count). The first-order valence-corrected chi connectivity index (χ1v) is 8.66. The molecule has 1 unspecified atom stereocenters. The van der Waals surface area contributed by atoms with Crippen LogP contribution in [0.15, 0.2) is 41.6 Å². The van der Waals surface area contributed by atoms with Gasteiger partial charge in [-0.3, -0.25) is 0 Å². The van der Waals surface area contributed by atoms with Crippen molar-refractivity contribution in [2.24, 2.45) is 5.41 Å². The van der Waals surface area contributed by atoms with Gasteiger partial charge >= 0.3 is 0 Å². The smallest absolute Gasteiger partial charge is 0.0991 e. The molecule has 1 spiro atoms. The lowest BCUT2D eigenvalue weighted by Crippen LogP contribution is -2.53. The Balaban J connectivity index is 1.81. The maximum atomic E-state index is 9.14. The third kappa shape index (κ3) is 1.80. The predicted octanol–water partition coefficient (Wildman–Crippen LogP) is 4.36. The third-order valence-electron chi connectivity index (χ3n) is 6.60. The van der Waals surface area contributed by atoms with Crippen molar-refractivity contribution in [3.63, 3.8) is 0 Å². The Hall–Kier alpha value is -2.01. The lowest BCUT2D eigenvalue weighted by atomic mass is 9.62. The van der Waals surface area contributed by atoms with E-state index >= 15 is 0 Å². The highest BCUT2D eigenvalue weighted by Crippen LogP contribution is 2.58. The lowest BCUT2D eigenvalue weighted by molar-refractivity contribution is 0.0782. The van der Waals surface area contributed by atoms with Crippen LogP contribution in [-0.4, -0.2) is 17.5 Å². The second-order valence-electron chi connectivity index (χ2n) is 7.77. The van der Waals surface area contributed by atoms with Gasteiger partial charge in [0.1, 0.15) is 0 Å². The minimum atomic E-state index is 0.163. The maximum Gasteiger partial charge on any atom is 0.0991 e. The first kappa shape index (κ1) is 14.6. The van der Waals surface area contributed by atoms with E-state index < -0.39 is 0 Å². The van der Waals surface area contributed by atoms with Crippen molar-refractivity contribution in [2.75, 3.05) is 7.05 Å². The van der Waals surface area contributed by atoms with Crippen LogP contribution in [0.3, 0.4) is 0 Å². The average molecular weight is 304 g/mol. The zero-order chi connectivity index (χ0) is 16.2. The number of likely N-dealkylation sites (tertiary alicyclic amines) is 1. The molecule has 0 saturated carbocycles. The molecular weight excluding hydrogens is 280 g/mol. The molecule has 1 heterocycles. The van der Waals surface area contributed by atoms with Gasteiger partial charge in [0.25, 0.3) is 0 Å². The highest BCUT2D eigenvalue weighted by Gasteiger charge is 2.57. The largest absolute Gasteiger partial charge is 0.368 e. The van der Waals surface area contributed by atoms with Crippen LogP contribution >= 0.6 is 0 Å². The van der Waals surface area contributed by atoms with Crippen molar-refractivity contribution in [2.45, 2.75) is 51.5 Å². The molecular formula is C21H24N2. The molecule has 0 radical (unpaired) electrons. The molecule has 2 aliphatic carbocycles. The lowest BCUT2D eigenvalue weighted by Gasteiger charge is -2.49. The van der Waals surface area contributed by atoms with Crippen LogP contribution in [0.1, 0.15) is 49.8 Å². The number of rotatable bonds is 0. The van der Waals surface area contributed by atoms with E-state index in [2.05, 4.69) is 56.1 Å². The summed E-state index contributed by atoms with van der Waals surface area (Å²) < 4.78 is 0. The van der Waals surface area contributed by atoms with Gasteiger partial charge in [-0.25, -0.2) is 0 Å². The van der Waals surface area contributed by atoms with Gasteiger partial charge in [0, 0.05) is 18.2 Å². The van der Waals surface area contributed by atoms with Gasteiger partial charge in [-0.05, 0) is 60.9 Å². The van der Waals surface area contributed by atoms with Crippen LogP contribution in [0.25, 0.3) is 0 Å². The van der Waals surface area contributed by atoms with Crippen molar-refractivity contribution < 1.29 is 0 Å². The summed E-state index contributed by atoms with van der Waals surface area (Å²) in [4.78, 5) is 2.57. The van der Waals surface area contributed by atoms with Gasteiger partial charge in [-0.1, -0.05) is 32.1 Å². The highest BCUT2D eigenvalue weighted by molar-refractivity contribution is 5.50. The maximum absolute atomic E-state index is 9.14. The van der Waals surface area contributed by atoms with E-state index in [-0.39, 0.29) is 11.0 Å². The summed E-state index contributed by atoms with van der Waals surface area (Å²) in [6.07, 6.45) is 10.5. The number of benzene rings is 1. The molecule has 1 aromatic rings. The van der Waals surface area contributed by atoms with Crippen molar-refractivity contribution >= 4 is 0 Å². The van der Waals surface area contributed by atoms with Gasteiger partial charge in [0.15, 0.2) is 0 Å². The molecule has 1 atom stereocenters. The zero-order valence-electron chi connectivity index (χ0n) is 14.3. The summed E-state index contributed by atoms with van der Waals surface area (Å²) in [5.41, 5.74) is 6.92. The molecule has 0 N–H and O–H groups in total. The van der Waals surface area contributed by atoms with E-state index in [1.807, 2.05) is 6.07 Å². The summed E-state index contributed by atoms with van der Waals surface area (Å²) in [6, 6.07) is 8.53. The fourth-order valence-electron chi connectivity index (χ4n) is 5.12. The quantitative estimate of drug-likeness (QED) is 0.712. The van der Waals surface area contributed by atoms with Crippen molar-refractivity contribution in [3.05, 3.63) is 58.3 Å². The number of nitriles is 1. The summed E-state index contributed by atoms with van der Waals surface area (Å²) in [5, 5.41) is 9.14. The van der Waals surface area contributed by atoms with Crippen molar-refractivity contribution in [3.8, 4) is 6.07 Å². The molecule has 1 saturated heterocycles. The number of fused-ring (bicyclic) bond motifs is 2. The van der Waals surface area contributed by atoms with Crippen molar-refractivity contribution in [1.29, 1.82) is 5.26 Å². The van der Waals surface area contributed by atoms with E-state index in [0.29, 0.717) is 0 Å². The van der Waals surface area contributed by atoms with E-state index in [9.17, 15) is 0 Å². The monoisotopic (exact) mass is 304 g/mol. The SMILES string of the molecule is CN1C2=CCCC=C2C(C)(C)C12CCc1cc(C#N)ccc1C2. The minimum Gasteiger partial charge on any atom is -0.368 e. The Kier molecular flexibility index (Phi) is 3.00. The molecule has 1 fully saturated rings. The van der Waals surface area contributed by atoms with Crippen LogP contribution in [0.2, 0.25) is 0 Å². The molecule has 118 valence electrons. The molecule has 1 aliphatic heterocycles. The summed E-state index contributed by atoms with van der Waals surface area (Å²) in [5.74, 6) is 0. The molecule has 23 heavy (non-hydrogen) atoms. The summed E-state index contributed by atoms with van der Waals surface area (Å²) >= 11 is 0. The average Bonchev–Trinajstić information content (AvgIpc) is 2.74. The second kappa shape index (κ2) is 4.74. The molecule has 0 amide bonds. The van der Waals surface area contributed by atoms with Crippen LogP contribution in [-0.2, 0) is 12.8 Å². The molecule has 3 aliphatic rings. The van der Waals surface area contributed by atoms with Gasteiger partial charge in [-0.15, -0.1) is 0 Å². The number of allylic oxidation sites excluding steroid dienone is 3. The Morgan fingerprint density at radius 3 is 2.65 bits per heavy atom. The molecule has 1 aromatic carbocycles. The minimum absolute atomic E-state index is 0.163. The first-order chi connectivity index (χ1) is 11.0. The van der Waals surface area contributed by atoms with Gasteiger partial charge < -0.3 is 4.90 Å². The van der Waals surface area contributed by atoms with Gasteiger partial charge in [0.05, 0.1) is 17.2 Å². The zero-order valence-corrected chi connectivity index (χ0v) is 14.3. The topological polar surface area (TPSA) is 27.0 Å². The van der Waals surface area contributed by atoms with Crippen LogP contribution < -0.4 is 0 Å². The Labute approximate surface area is 139 Å². The van der Waals surface area contributed by atoms with Crippen LogP contribution in [0.5, 0.6) is 0 Å². The predicted molar refractivity (Wildman–Crippen MR) is 92.9 cm³/mol. The molecule has 2 nitrogen and oxygen atoms in total. The number of hydrogen-bond acceptors (Lipinski definition) is 2. The number of aryl methyl sites for hydroxylation is 1. The van der Waals surface area contributed by atoms with Crippen LogP contribution in [0.4, 0.5) is 0 Å². The molecule has 2 heteroatoms. The standard InChI is InChI=1S/C21H24N2/c1-20(2)18-6-4-5-7-19(18)23(3)21(20)11-10-16-12-15(14-22)8-9-17(16)13-21/h6-9,12H,4-5,10-11,13H2,1-3H3. The molecule has 0 aromatic heterocycles. The Morgan fingerprint density at radius 2 is 1.91 bits per heavy atom.